The molecule has 0 saturated carbocycles. The molecule has 0 atom stereocenters. The van der Waals surface area contributed by atoms with Crippen molar-refractivity contribution in [3.05, 3.63) is 101 Å². The van der Waals surface area contributed by atoms with Crippen molar-refractivity contribution >= 4 is 29.5 Å². The van der Waals surface area contributed by atoms with Crippen molar-refractivity contribution in [3.63, 3.8) is 0 Å². The fraction of sp³-hybridized carbons (Fsp3) is 0.487. The molecule has 7 heteroatoms. The van der Waals surface area contributed by atoms with Crippen LogP contribution >= 0.6 is 11.6 Å². The molecule has 2 aliphatic heterocycles. The number of amides is 1. The first kappa shape index (κ1) is 39.0. The van der Waals surface area contributed by atoms with Gasteiger partial charge in [-0.1, -0.05) is 93.8 Å². The highest BCUT2D eigenvalue weighted by atomic mass is 35.5. The van der Waals surface area contributed by atoms with Crippen LogP contribution in [-0.2, 0) is 24.4 Å². The molecule has 1 fully saturated rings. The van der Waals surface area contributed by atoms with Crippen LogP contribution < -0.4 is 4.90 Å². The third kappa shape index (κ3) is 13.7. The number of nitrogens with zero attached hydrogens (tertiary/aromatic N) is 4. The second-order valence-electron chi connectivity index (χ2n) is 11.7. The summed E-state index contributed by atoms with van der Waals surface area (Å²) in [6.45, 7) is 17.3. The Hall–Kier alpha value is -3.19. The number of rotatable bonds is 15. The maximum absolute atomic E-state index is 12.7. The number of likely N-dealkylation sites (tertiary alicyclic amines) is 1. The second kappa shape index (κ2) is 23.2. The molecule has 252 valence electrons. The summed E-state index contributed by atoms with van der Waals surface area (Å²) < 4.78 is 0. The molecule has 0 N–H and O–H groups in total. The van der Waals surface area contributed by atoms with Crippen LogP contribution in [0.3, 0.4) is 0 Å². The topological polar surface area (TPSA) is 47.1 Å². The average molecular weight is 649 g/mol. The number of carbonyl (C=O) groups is 2. The van der Waals surface area contributed by atoms with Crippen molar-refractivity contribution in [1.29, 1.82) is 0 Å². The Balaban J connectivity index is 0.000000826. The Kier molecular flexibility index (Phi) is 19.6. The number of piperidine rings is 1. The van der Waals surface area contributed by atoms with E-state index in [1.807, 2.05) is 55.2 Å². The van der Waals surface area contributed by atoms with E-state index in [0.717, 1.165) is 49.9 Å². The summed E-state index contributed by atoms with van der Waals surface area (Å²) in [4.78, 5) is 32.9. The summed E-state index contributed by atoms with van der Waals surface area (Å²) in [5.41, 5.74) is 7.18. The lowest BCUT2D eigenvalue weighted by Crippen LogP contribution is -2.30. The quantitative estimate of drug-likeness (QED) is 0.143. The Bertz CT molecular complexity index is 1210. The van der Waals surface area contributed by atoms with Crippen molar-refractivity contribution in [2.45, 2.75) is 78.9 Å². The van der Waals surface area contributed by atoms with Gasteiger partial charge in [-0.25, -0.2) is 0 Å². The summed E-state index contributed by atoms with van der Waals surface area (Å²) in [5, 5.41) is 0. The largest absolute Gasteiger partial charge is 0.370 e. The standard InChI is InChI=1S/C32H42N4O2.C5H9Cl.C2H6/c1-3-4-16-35(21-22-37)26-30-15-12-28(25-34-17-6-5-7-18-34)23-31(30)33(2)24-27-10-13-29(14-11-27)32(38)36-19-8-9-20-36;1-2-3-4-5-6;1-2/h3,8-15,22-23H,1,4-7,16-21,24-26H2,2H3;4-5H,2-3H2,1H3;1-2H3/b;5-4+;. The highest BCUT2D eigenvalue weighted by molar-refractivity contribution is 6.25. The van der Waals surface area contributed by atoms with Gasteiger partial charge in [0.25, 0.3) is 5.91 Å². The van der Waals surface area contributed by atoms with E-state index in [0.29, 0.717) is 26.2 Å². The maximum atomic E-state index is 12.7. The highest BCUT2D eigenvalue weighted by Gasteiger charge is 2.18. The molecule has 6 nitrogen and oxygen atoms in total. The average Bonchev–Trinajstić information content (AvgIpc) is 3.64. The minimum absolute atomic E-state index is 0.0809. The van der Waals surface area contributed by atoms with Crippen LogP contribution in [0.4, 0.5) is 5.69 Å². The molecule has 2 aliphatic rings. The third-order valence-electron chi connectivity index (χ3n) is 8.06. The van der Waals surface area contributed by atoms with Crippen LogP contribution in [0.2, 0.25) is 0 Å². The Morgan fingerprint density at radius 2 is 1.63 bits per heavy atom. The first-order valence-corrected chi connectivity index (χ1v) is 17.5. The van der Waals surface area contributed by atoms with Crippen molar-refractivity contribution in [2.24, 2.45) is 0 Å². The van der Waals surface area contributed by atoms with Crippen LogP contribution in [-0.4, -0.2) is 73.2 Å². The fourth-order valence-electron chi connectivity index (χ4n) is 5.60. The molecule has 0 bridgehead atoms. The number of anilines is 1. The van der Waals surface area contributed by atoms with Gasteiger partial charge in [0.2, 0.25) is 0 Å². The fourth-order valence-corrected chi connectivity index (χ4v) is 5.72. The van der Waals surface area contributed by atoms with Gasteiger partial charge in [0, 0.05) is 63.1 Å². The molecule has 1 saturated heterocycles. The van der Waals surface area contributed by atoms with Crippen LogP contribution in [0.25, 0.3) is 0 Å². The SMILES string of the molecule is C=CCCN(CC=O)Cc1ccc(CN2CCCCC2)cc1N(C)Cc1ccc(C(=O)N2CC=CC2)cc1.CC.CCC/C=C/Cl. The van der Waals surface area contributed by atoms with Gasteiger partial charge in [0.05, 0.1) is 6.54 Å². The number of benzene rings is 2. The molecule has 2 aromatic carbocycles. The number of hydrogen-bond donors (Lipinski definition) is 0. The van der Waals surface area contributed by atoms with E-state index in [2.05, 4.69) is 65.6 Å². The van der Waals surface area contributed by atoms with Gasteiger partial charge in [-0.3, -0.25) is 14.6 Å². The van der Waals surface area contributed by atoms with Crippen LogP contribution in [0.5, 0.6) is 0 Å². The molecule has 0 spiro atoms. The molecule has 0 radical (unpaired) electrons. The Morgan fingerprint density at radius 1 is 0.957 bits per heavy atom. The zero-order chi connectivity index (χ0) is 33.6. The summed E-state index contributed by atoms with van der Waals surface area (Å²) in [6, 6.07) is 14.8. The predicted octanol–water partition coefficient (Wildman–Crippen LogP) is 8.46. The summed E-state index contributed by atoms with van der Waals surface area (Å²) >= 11 is 5.20. The number of hydrogen-bond acceptors (Lipinski definition) is 5. The van der Waals surface area contributed by atoms with Gasteiger partial charge in [0.15, 0.2) is 0 Å². The maximum Gasteiger partial charge on any atom is 0.254 e. The minimum atomic E-state index is 0.0809. The van der Waals surface area contributed by atoms with Gasteiger partial charge in [-0.15, -0.1) is 6.58 Å². The lowest BCUT2D eigenvalue weighted by Gasteiger charge is -2.29. The molecule has 2 aromatic rings. The van der Waals surface area contributed by atoms with E-state index >= 15 is 0 Å². The smallest absolute Gasteiger partial charge is 0.254 e. The van der Waals surface area contributed by atoms with Gasteiger partial charge in [-0.05, 0) is 73.7 Å². The molecule has 46 heavy (non-hydrogen) atoms. The van der Waals surface area contributed by atoms with Crippen LogP contribution in [0.1, 0.15) is 86.3 Å². The first-order valence-electron chi connectivity index (χ1n) is 17.1. The number of allylic oxidation sites excluding steroid dienone is 1. The van der Waals surface area contributed by atoms with Gasteiger partial charge in [-0.2, -0.15) is 0 Å². The van der Waals surface area contributed by atoms with Gasteiger partial charge in [0.1, 0.15) is 6.29 Å². The number of unbranched alkanes of at least 4 members (excludes halogenated alkanes) is 1. The normalized spacial score (nSPS) is 14.4. The Morgan fingerprint density at radius 3 is 2.22 bits per heavy atom. The van der Waals surface area contributed by atoms with Crippen molar-refractivity contribution in [3.8, 4) is 0 Å². The molecule has 0 aliphatic carbocycles. The Labute approximate surface area is 284 Å². The summed E-state index contributed by atoms with van der Waals surface area (Å²) in [7, 11) is 2.13. The lowest BCUT2D eigenvalue weighted by molar-refractivity contribution is -0.109. The van der Waals surface area contributed by atoms with Crippen molar-refractivity contribution in [1.82, 2.24) is 14.7 Å². The van der Waals surface area contributed by atoms with Crippen LogP contribution in [0, 0.1) is 0 Å². The van der Waals surface area contributed by atoms with Gasteiger partial charge < -0.3 is 14.6 Å². The minimum Gasteiger partial charge on any atom is -0.370 e. The number of aldehydes is 1. The second-order valence-corrected chi connectivity index (χ2v) is 11.9. The zero-order valence-electron chi connectivity index (χ0n) is 28.8. The van der Waals surface area contributed by atoms with E-state index in [1.165, 1.54) is 55.6 Å². The van der Waals surface area contributed by atoms with Gasteiger partial charge >= 0.3 is 0 Å². The first-order chi connectivity index (χ1) is 22.5. The molecule has 1 amide bonds. The van der Waals surface area contributed by atoms with E-state index in [-0.39, 0.29) is 5.91 Å². The number of halogens is 1. The molecule has 4 rings (SSSR count). The van der Waals surface area contributed by atoms with Crippen LogP contribution in [0.15, 0.2) is 78.9 Å². The summed E-state index contributed by atoms with van der Waals surface area (Å²) in [6.07, 6.45) is 15.9. The summed E-state index contributed by atoms with van der Waals surface area (Å²) in [5.74, 6) is 0.0809. The monoisotopic (exact) mass is 648 g/mol. The molecule has 0 aromatic heterocycles. The van der Waals surface area contributed by atoms with E-state index in [4.69, 9.17) is 11.6 Å². The van der Waals surface area contributed by atoms with Crippen molar-refractivity contribution in [2.75, 3.05) is 51.2 Å². The molecular formula is C39H57ClN4O2. The van der Waals surface area contributed by atoms with Crippen molar-refractivity contribution < 1.29 is 9.59 Å². The number of carbonyl (C=O) groups excluding carboxylic acids is 2. The zero-order valence-corrected chi connectivity index (χ0v) is 29.6. The highest BCUT2D eigenvalue weighted by Crippen LogP contribution is 2.26. The molecule has 2 heterocycles. The third-order valence-corrected chi connectivity index (χ3v) is 8.24. The lowest BCUT2D eigenvalue weighted by atomic mass is 10.0. The van der Waals surface area contributed by atoms with E-state index in [1.54, 1.807) is 5.54 Å². The van der Waals surface area contributed by atoms with E-state index < -0.39 is 0 Å². The predicted molar refractivity (Wildman–Crippen MR) is 197 cm³/mol. The molecular weight excluding hydrogens is 592 g/mol. The van der Waals surface area contributed by atoms with E-state index in [9.17, 15) is 9.59 Å². The molecule has 0 unspecified atom stereocenters.